The van der Waals surface area contributed by atoms with E-state index in [0.29, 0.717) is 5.69 Å². The van der Waals surface area contributed by atoms with Crippen LogP contribution in [0.25, 0.3) is 0 Å². The number of nitrogens with one attached hydrogen (secondary N) is 1. The van der Waals surface area contributed by atoms with Crippen molar-refractivity contribution >= 4 is 17.3 Å². The second-order valence-electron chi connectivity index (χ2n) is 3.92. The third-order valence-electron chi connectivity index (χ3n) is 2.62. The Bertz CT molecular complexity index is 648. The molecule has 1 heterocycles. The van der Waals surface area contributed by atoms with E-state index in [1.807, 2.05) is 0 Å². The van der Waals surface area contributed by atoms with Gasteiger partial charge in [0, 0.05) is 25.4 Å². The van der Waals surface area contributed by atoms with Crippen molar-refractivity contribution in [2.24, 2.45) is 7.05 Å². The molecule has 7 heteroatoms. The number of hydrogen-bond acceptors (Lipinski definition) is 4. The van der Waals surface area contributed by atoms with Gasteiger partial charge in [-0.25, -0.2) is 0 Å². The van der Waals surface area contributed by atoms with Crippen LogP contribution in [0.5, 0.6) is 5.75 Å². The van der Waals surface area contributed by atoms with Crippen molar-refractivity contribution in [3.05, 3.63) is 52.3 Å². The third kappa shape index (κ3) is 2.54. The Kier molecular flexibility index (Phi) is 3.19. The Labute approximate surface area is 108 Å². The third-order valence-corrected chi connectivity index (χ3v) is 2.62. The van der Waals surface area contributed by atoms with E-state index < -0.39 is 10.8 Å². The van der Waals surface area contributed by atoms with Crippen LogP contribution in [0.15, 0.2) is 36.5 Å². The fourth-order valence-corrected chi connectivity index (χ4v) is 1.62. The van der Waals surface area contributed by atoms with Crippen molar-refractivity contribution in [2.45, 2.75) is 0 Å². The zero-order valence-corrected chi connectivity index (χ0v) is 10.0. The minimum Gasteiger partial charge on any atom is -0.506 e. The van der Waals surface area contributed by atoms with Gasteiger partial charge >= 0.3 is 0 Å². The molecule has 1 amide bonds. The lowest BCUT2D eigenvalue weighted by Crippen LogP contribution is -2.15. The largest absolute Gasteiger partial charge is 0.506 e. The molecule has 0 aliphatic rings. The highest BCUT2D eigenvalue weighted by Crippen LogP contribution is 2.28. The number of nitro benzene ring substituents is 1. The molecule has 0 aliphatic carbocycles. The number of non-ortho nitro benzene ring substituents is 1. The van der Waals surface area contributed by atoms with Crippen molar-refractivity contribution in [1.29, 1.82) is 0 Å². The Balaban J connectivity index is 2.28. The van der Waals surface area contributed by atoms with E-state index in [9.17, 15) is 20.0 Å². The zero-order valence-electron chi connectivity index (χ0n) is 10.0. The second kappa shape index (κ2) is 4.81. The van der Waals surface area contributed by atoms with Crippen LogP contribution >= 0.6 is 0 Å². The van der Waals surface area contributed by atoms with Crippen LogP contribution in [0.4, 0.5) is 11.4 Å². The lowest BCUT2D eigenvalue weighted by molar-refractivity contribution is -0.384. The number of nitro groups is 1. The average molecular weight is 261 g/mol. The molecule has 0 unspecified atom stereocenters. The number of phenols is 1. The molecule has 2 rings (SSSR count). The summed E-state index contributed by atoms with van der Waals surface area (Å²) < 4.78 is 1.60. The summed E-state index contributed by atoms with van der Waals surface area (Å²) >= 11 is 0. The number of carbonyl (C=O) groups is 1. The summed E-state index contributed by atoms with van der Waals surface area (Å²) in [5, 5.41) is 22.7. The number of amides is 1. The van der Waals surface area contributed by atoms with Crippen LogP contribution < -0.4 is 5.32 Å². The number of phenolic OH excluding ortho intramolecular Hbond substituents is 1. The summed E-state index contributed by atoms with van der Waals surface area (Å²) in [7, 11) is 1.70. The summed E-state index contributed by atoms with van der Waals surface area (Å²) in [6, 6.07) is 6.73. The van der Waals surface area contributed by atoms with Crippen molar-refractivity contribution in [2.75, 3.05) is 5.32 Å². The minimum atomic E-state index is -0.600. The maximum absolute atomic E-state index is 11.9. The first-order chi connectivity index (χ1) is 8.99. The molecule has 98 valence electrons. The normalized spacial score (nSPS) is 10.2. The predicted octanol–water partition coefficient (Wildman–Crippen LogP) is 1.89. The molecule has 7 nitrogen and oxygen atoms in total. The van der Waals surface area contributed by atoms with Crippen molar-refractivity contribution in [3.8, 4) is 5.75 Å². The van der Waals surface area contributed by atoms with Crippen LogP contribution in [0.2, 0.25) is 0 Å². The fraction of sp³-hybridized carbons (Fsp3) is 0.0833. The highest BCUT2D eigenvalue weighted by atomic mass is 16.6. The van der Waals surface area contributed by atoms with E-state index in [-0.39, 0.29) is 17.1 Å². The van der Waals surface area contributed by atoms with Crippen LogP contribution in [-0.4, -0.2) is 20.5 Å². The average Bonchev–Trinajstić information content (AvgIpc) is 2.78. The van der Waals surface area contributed by atoms with Gasteiger partial charge in [-0.2, -0.15) is 0 Å². The van der Waals surface area contributed by atoms with E-state index in [2.05, 4.69) is 5.32 Å². The Morgan fingerprint density at radius 2 is 2.16 bits per heavy atom. The van der Waals surface area contributed by atoms with Crippen molar-refractivity contribution in [1.82, 2.24) is 4.57 Å². The zero-order chi connectivity index (χ0) is 14.0. The first-order valence-electron chi connectivity index (χ1n) is 5.39. The molecule has 1 aromatic carbocycles. The molecule has 1 aromatic heterocycles. The Hall–Kier alpha value is -2.83. The summed E-state index contributed by atoms with van der Waals surface area (Å²) in [6.45, 7) is 0. The van der Waals surface area contributed by atoms with Gasteiger partial charge in [0.05, 0.1) is 10.6 Å². The van der Waals surface area contributed by atoms with Crippen molar-refractivity contribution < 1.29 is 14.8 Å². The molecule has 0 bridgehead atoms. The molecule has 0 fully saturated rings. The fourth-order valence-electron chi connectivity index (χ4n) is 1.62. The van der Waals surface area contributed by atoms with E-state index in [1.54, 1.807) is 29.9 Å². The quantitative estimate of drug-likeness (QED) is 0.500. The molecule has 0 aliphatic heterocycles. The maximum Gasteiger partial charge on any atom is 0.272 e. The number of aromatic hydroxyl groups is 1. The van der Waals surface area contributed by atoms with Gasteiger partial charge in [0.2, 0.25) is 0 Å². The number of aromatic nitrogens is 1. The van der Waals surface area contributed by atoms with E-state index in [0.717, 1.165) is 12.1 Å². The smallest absolute Gasteiger partial charge is 0.272 e. The van der Waals surface area contributed by atoms with Gasteiger partial charge in [0.15, 0.2) is 0 Å². The van der Waals surface area contributed by atoms with Crippen molar-refractivity contribution in [3.63, 3.8) is 0 Å². The summed E-state index contributed by atoms with van der Waals surface area (Å²) in [4.78, 5) is 22.0. The summed E-state index contributed by atoms with van der Waals surface area (Å²) in [5.41, 5.74) is 0.172. The maximum atomic E-state index is 11.9. The Morgan fingerprint density at radius 1 is 1.42 bits per heavy atom. The van der Waals surface area contributed by atoms with Gasteiger partial charge in [-0.3, -0.25) is 14.9 Å². The molecule has 0 radical (unpaired) electrons. The van der Waals surface area contributed by atoms with Gasteiger partial charge in [-0.1, -0.05) is 0 Å². The minimum absolute atomic E-state index is 0.000370. The van der Waals surface area contributed by atoms with Gasteiger partial charge in [-0.05, 0) is 18.2 Å². The van der Waals surface area contributed by atoms with Crippen LogP contribution in [0.3, 0.4) is 0 Å². The highest BCUT2D eigenvalue weighted by Gasteiger charge is 2.14. The first kappa shape index (κ1) is 12.6. The monoisotopic (exact) mass is 261 g/mol. The SMILES string of the molecule is Cn1cccc1C(=O)Nc1cc([N+](=O)[O-])ccc1O. The van der Waals surface area contributed by atoms with Crippen LogP contribution in [-0.2, 0) is 7.05 Å². The molecule has 2 N–H and O–H groups in total. The molecule has 0 saturated carbocycles. The number of carbonyl (C=O) groups excluding carboxylic acids is 1. The van der Waals surface area contributed by atoms with E-state index >= 15 is 0 Å². The topological polar surface area (TPSA) is 97.4 Å². The number of rotatable bonds is 3. The van der Waals surface area contributed by atoms with Crippen LogP contribution in [0.1, 0.15) is 10.5 Å². The lowest BCUT2D eigenvalue weighted by atomic mass is 10.2. The molecule has 0 atom stereocenters. The number of anilines is 1. The summed E-state index contributed by atoms with van der Waals surface area (Å²) in [6.07, 6.45) is 1.70. The van der Waals surface area contributed by atoms with E-state index in [1.165, 1.54) is 6.07 Å². The number of aryl methyl sites for hydroxylation is 1. The number of nitrogens with zero attached hydrogens (tertiary/aromatic N) is 2. The molecule has 2 aromatic rings. The Morgan fingerprint density at radius 3 is 2.74 bits per heavy atom. The second-order valence-corrected chi connectivity index (χ2v) is 3.92. The molecular formula is C12H11N3O4. The molecule has 19 heavy (non-hydrogen) atoms. The number of hydrogen-bond donors (Lipinski definition) is 2. The first-order valence-corrected chi connectivity index (χ1v) is 5.39. The van der Waals surface area contributed by atoms with Gasteiger partial charge in [-0.15, -0.1) is 0 Å². The lowest BCUT2D eigenvalue weighted by Gasteiger charge is -2.07. The predicted molar refractivity (Wildman–Crippen MR) is 68.1 cm³/mol. The van der Waals surface area contributed by atoms with Gasteiger partial charge < -0.3 is 15.0 Å². The number of benzene rings is 1. The molecule has 0 spiro atoms. The van der Waals surface area contributed by atoms with E-state index in [4.69, 9.17) is 0 Å². The summed E-state index contributed by atoms with van der Waals surface area (Å²) in [5.74, 6) is -0.684. The van der Waals surface area contributed by atoms with Gasteiger partial charge in [0.25, 0.3) is 11.6 Å². The van der Waals surface area contributed by atoms with Crippen LogP contribution in [0, 0.1) is 10.1 Å². The highest BCUT2D eigenvalue weighted by molar-refractivity contribution is 6.04. The van der Waals surface area contributed by atoms with Gasteiger partial charge in [0.1, 0.15) is 11.4 Å². The molecular weight excluding hydrogens is 250 g/mol. The molecule has 0 saturated heterocycles. The standard InChI is InChI=1S/C12H11N3O4/c1-14-6-2-3-10(14)12(17)13-9-7-8(15(18)19)4-5-11(9)16/h2-7,16H,1H3,(H,13,17).